The lowest BCUT2D eigenvalue weighted by atomic mass is 9.87. The Bertz CT molecular complexity index is 180. The van der Waals surface area contributed by atoms with Gasteiger partial charge in [-0.25, -0.2) is 0 Å². The third-order valence-electron chi connectivity index (χ3n) is 3.02. The summed E-state index contributed by atoms with van der Waals surface area (Å²) in [6, 6.07) is 0.104. The van der Waals surface area contributed by atoms with Gasteiger partial charge in [-0.1, -0.05) is 0 Å². The van der Waals surface area contributed by atoms with Crippen molar-refractivity contribution >= 4 is 0 Å². The number of ether oxygens (including phenoxy) is 2. The molecule has 0 aromatic carbocycles. The first-order valence-electron chi connectivity index (χ1n) is 4.92. The minimum atomic E-state index is -0.702. The second kappa shape index (κ2) is 3.53. The van der Waals surface area contributed by atoms with E-state index in [0.717, 1.165) is 19.3 Å². The van der Waals surface area contributed by atoms with Crippen molar-refractivity contribution in [2.45, 2.75) is 37.2 Å². The Labute approximate surface area is 78.2 Å². The highest BCUT2D eigenvalue weighted by atomic mass is 16.7. The third kappa shape index (κ3) is 1.48. The van der Waals surface area contributed by atoms with Gasteiger partial charge >= 0.3 is 0 Å². The normalized spacial score (nSPS) is 38.3. The molecule has 1 aliphatic carbocycles. The van der Waals surface area contributed by atoms with Crippen molar-refractivity contribution in [3.8, 4) is 0 Å². The highest BCUT2D eigenvalue weighted by Gasteiger charge is 2.49. The highest BCUT2D eigenvalue weighted by Crippen LogP contribution is 2.35. The van der Waals surface area contributed by atoms with Crippen LogP contribution in [0, 0.1) is 0 Å². The van der Waals surface area contributed by atoms with E-state index in [1.807, 2.05) is 7.05 Å². The molecule has 4 heteroatoms. The highest BCUT2D eigenvalue weighted by molar-refractivity contribution is 4.94. The predicted molar refractivity (Wildman–Crippen MR) is 47.3 cm³/mol. The summed E-state index contributed by atoms with van der Waals surface area (Å²) in [7, 11) is 1.86. The van der Waals surface area contributed by atoms with Gasteiger partial charge < -0.3 is 19.9 Å². The fourth-order valence-electron chi connectivity index (χ4n) is 2.27. The van der Waals surface area contributed by atoms with Gasteiger partial charge in [-0.05, 0) is 19.9 Å². The van der Waals surface area contributed by atoms with Crippen LogP contribution in [0.2, 0.25) is 0 Å². The largest absolute Gasteiger partial charge is 0.386 e. The molecule has 0 amide bonds. The van der Waals surface area contributed by atoms with Crippen molar-refractivity contribution in [1.29, 1.82) is 0 Å². The van der Waals surface area contributed by atoms with E-state index in [1.54, 1.807) is 0 Å². The number of hydrogen-bond donors (Lipinski definition) is 2. The average molecular weight is 187 g/mol. The second-order valence-electron chi connectivity index (χ2n) is 3.74. The van der Waals surface area contributed by atoms with Gasteiger partial charge in [0.05, 0.1) is 13.2 Å². The Kier molecular flexibility index (Phi) is 2.55. The van der Waals surface area contributed by atoms with Crippen LogP contribution in [0.15, 0.2) is 0 Å². The van der Waals surface area contributed by atoms with Crippen LogP contribution in [0.25, 0.3) is 0 Å². The molecule has 1 heterocycles. The summed E-state index contributed by atoms with van der Waals surface area (Å²) in [4.78, 5) is 0. The molecule has 2 fully saturated rings. The van der Waals surface area contributed by atoms with Crippen molar-refractivity contribution in [2.24, 2.45) is 0 Å². The molecule has 0 bridgehead atoms. The fraction of sp³-hybridized carbons (Fsp3) is 1.00. The quantitative estimate of drug-likeness (QED) is 0.600. The van der Waals surface area contributed by atoms with E-state index in [4.69, 9.17) is 9.47 Å². The Morgan fingerprint density at radius 3 is 2.69 bits per heavy atom. The number of nitrogens with one attached hydrogen (secondary N) is 1. The molecule has 76 valence electrons. The van der Waals surface area contributed by atoms with Crippen LogP contribution in [-0.4, -0.2) is 43.3 Å². The molecule has 13 heavy (non-hydrogen) atoms. The Hall–Kier alpha value is -0.160. The van der Waals surface area contributed by atoms with Gasteiger partial charge in [-0.15, -0.1) is 0 Å². The molecular weight excluding hydrogens is 170 g/mol. The molecule has 1 saturated heterocycles. The van der Waals surface area contributed by atoms with Crippen molar-refractivity contribution in [3.05, 3.63) is 0 Å². The van der Waals surface area contributed by atoms with Gasteiger partial charge in [0.2, 0.25) is 0 Å². The zero-order valence-electron chi connectivity index (χ0n) is 7.95. The standard InChI is InChI=1S/C9H17NO3/c1-10-7-3-2-4-9(8(7)11)12-5-6-13-9/h7-8,10-11H,2-6H2,1H3. The maximum Gasteiger partial charge on any atom is 0.196 e. The fourth-order valence-corrected chi connectivity index (χ4v) is 2.27. The molecule has 0 aromatic rings. The van der Waals surface area contributed by atoms with Gasteiger partial charge in [0.1, 0.15) is 6.10 Å². The van der Waals surface area contributed by atoms with E-state index < -0.39 is 11.9 Å². The third-order valence-corrected chi connectivity index (χ3v) is 3.02. The van der Waals surface area contributed by atoms with E-state index >= 15 is 0 Å². The van der Waals surface area contributed by atoms with Gasteiger partial charge in [0.25, 0.3) is 0 Å². The van der Waals surface area contributed by atoms with Crippen molar-refractivity contribution in [1.82, 2.24) is 5.32 Å². The lowest BCUT2D eigenvalue weighted by Crippen LogP contribution is -2.56. The van der Waals surface area contributed by atoms with Crippen LogP contribution in [0.5, 0.6) is 0 Å². The topological polar surface area (TPSA) is 50.7 Å². The first-order valence-corrected chi connectivity index (χ1v) is 4.92. The van der Waals surface area contributed by atoms with Gasteiger partial charge in [0, 0.05) is 12.5 Å². The zero-order valence-corrected chi connectivity index (χ0v) is 7.95. The maximum atomic E-state index is 10.0. The SMILES string of the molecule is CNC1CCCC2(OCCO2)C1O. The molecule has 4 nitrogen and oxygen atoms in total. The smallest absolute Gasteiger partial charge is 0.196 e. The average Bonchev–Trinajstić information content (AvgIpc) is 2.60. The van der Waals surface area contributed by atoms with E-state index in [9.17, 15) is 5.11 Å². The molecule has 0 aromatic heterocycles. The number of aliphatic hydroxyl groups excluding tert-OH is 1. The summed E-state index contributed by atoms with van der Waals surface area (Å²) >= 11 is 0. The Balaban J connectivity index is 2.09. The Morgan fingerprint density at radius 2 is 2.08 bits per heavy atom. The lowest BCUT2D eigenvalue weighted by molar-refractivity contribution is -0.242. The first-order chi connectivity index (χ1) is 6.28. The van der Waals surface area contributed by atoms with E-state index in [0.29, 0.717) is 13.2 Å². The summed E-state index contributed by atoms with van der Waals surface area (Å²) in [5.41, 5.74) is 0. The van der Waals surface area contributed by atoms with E-state index in [2.05, 4.69) is 5.32 Å². The molecule has 2 rings (SSSR count). The van der Waals surface area contributed by atoms with Crippen LogP contribution < -0.4 is 5.32 Å². The van der Waals surface area contributed by atoms with Crippen LogP contribution >= 0.6 is 0 Å². The molecule has 2 unspecified atom stereocenters. The number of hydrogen-bond acceptors (Lipinski definition) is 4. The molecule has 1 saturated carbocycles. The van der Waals surface area contributed by atoms with Crippen LogP contribution in [0.4, 0.5) is 0 Å². The molecule has 1 aliphatic heterocycles. The van der Waals surface area contributed by atoms with Gasteiger partial charge in [-0.2, -0.15) is 0 Å². The molecule has 2 aliphatic rings. The molecule has 2 atom stereocenters. The van der Waals surface area contributed by atoms with Crippen LogP contribution in [0.1, 0.15) is 19.3 Å². The van der Waals surface area contributed by atoms with Crippen molar-refractivity contribution < 1.29 is 14.6 Å². The molecule has 0 radical (unpaired) electrons. The summed E-state index contributed by atoms with van der Waals surface area (Å²) in [5, 5.41) is 13.1. The van der Waals surface area contributed by atoms with Crippen LogP contribution in [-0.2, 0) is 9.47 Å². The zero-order chi connectivity index (χ0) is 9.31. The second-order valence-corrected chi connectivity index (χ2v) is 3.74. The Morgan fingerprint density at radius 1 is 1.38 bits per heavy atom. The number of likely N-dealkylation sites (N-methyl/N-ethyl adjacent to an activating group) is 1. The molecule has 1 spiro atoms. The van der Waals surface area contributed by atoms with E-state index in [1.165, 1.54) is 0 Å². The van der Waals surface area contributed by atoms with E-state index in [-0.39, 0.29) is 6.04 Å². The number of rotatable bonds is 1. The van der Waals surface area contributed by atoms with Gasteiger partial charge in [-0.3, -0.25) is 0 Å². The van der Waals surface area contributed by atoms with Crippen molar-refractivity contribution in [2.75, 3.05) is 20.3 Å². The van der Waals surface area contributed by atoms with Gasteiger partial charge in [0.15, 0.2) is 5.79 Å². The van der Waals surface area contributed by atoms with Crippen LogP contribution in [0.3, 0.4) is 0 Å². The number of aliphatic hydroxyl groups is 1. The van der Waals surface area contributed by atoms with Crippen molar-refractivity contribution in [3.63, 3.8) is 0 Å². The minimum Gasteiger partial charge on any atom is -0.386 e. The molecule has 2 N–H and O–H groups in total. The minimum absolute atomic E-state index is 0.104. The molecular formula is C9H17NO3. The summed E-state index contributed by atoms with van der Waals surface area (Å²) in [5.74, 6) is -0.702. The summed E-state index contributed by atoms with van der Waals surface area (Å²) in [6.45, 7) is 1.21. The predicted octanol–water partition coefficient (Wildman–Crippen LogP) is -0.138. The first kappa shape index (κ1) is 9.40. The summed E-state index contributed by atoms with van der Waals surface area (Å²) in [6.07, 6.45) is 2.31. The lowest BCUT2D eigenvalue weighted by Gasteiger charge is -2.40. The monoisotopic (exact) mass is 187 g/mol. The summed E-state index contributed by atoms with van der Waals surface area (Å²) < 4.78 is 11.0. The maximum absolute atomic E-state index is 10.0.